The third-order valence-corrected chi connectivity index (χ3v) is 2.60. The van der Waals surface area contributed by atoms with E-state index in [2.05, 4.69) is 0 Å². The molecular formula is C13H11ClFNO. The molecule has 0 heterocycles. The van der Waals surface area contributed by atoms with Gasteiger partial charge in [-0.25, -0.2) is 4.39 Å². The zero-order valence-corrected chi connectivity index (χ0v) is 9.75. The van der Waals surface area contributed by atoms with Crippen molar-refractivity contribution < 1.29 is 9.13 Å². The zero-order chi connectivity index (χ0) is 12.3. The number of ether oxygens (including phenoxy) is 1. The van der Waals surface area contributed by atoms with E-state index in [9.17, 15) is 4.39 Å². The molecule has 4 heteroatoms. The van der Waals surface area contributed by atoms with Crippen LogP contribution < -0.4 is 10.5 Å². The van der Waals surface area contributed by atoms with Crippen LogP contribution in [0, 0.1) is 5.82 Å². The summed E-state index contributed by atoms with van der Waals surface area (Å²) < 4.78 is 18.7. The first-order chi connectivity index (χ1) is 8.16. The number of para-hydroxylation sites is 2. The summed E-state index contributed by atoms with van der Waals surface area (Å²) in [5, 5.41) is 0.105. The lowest BCUT2D eigenvalue weighted by Crippen LogP contribution is -1.99. The smallest absolute Gasteiger partial charge is 0.142 e. The summed E-state index contributed by atoms with van der Waals surface area (Å²) in [5.41, 5.74) is 6.98. The summed E-state index contributed by atoms with van der Waals surface area (Å²) in [6, 6.07) is 11.7. The van der Waals surface area contributed by atoms with Crippen molar-refractivity contribution in [1.82, 2.24) is 0 Å². The Bertz CT molecular complexity index is 531. The Balaban J connectivity index is 2.08. The molecule has 2 N–H and O–H groups in total. The highest BCUT2D eigenvalue weighted by Crippen LogP contribution is 2.22. The zero-order valence-electron chi connectivity index (χ0n) is 8.99. The van der Waals surface area contributed by atoms with Crippen LogP contribution in [0.3, 0.4) is 0 Å². The quantitative estimate of drug-likeness (QED) is 0.846. The standard InChI is InChI=1S/C13H11ClFNO/c14-10-6-5-9(7-11(10)15)8-17-13-4-2-1-3-12(13)16/h1-7H,8,16H2. The topological polar surface area (TPSA) is 35.2 Å². The van der Waals surface area contributed by atoms with Gasteiger partial charge in [-0.05, 0) is 29.8 Å². The fourth-order valence-electron chi connectivity index (χ4n) is 1.40. The van der Waals surface area contributed by atoms with Crippen LogP contribution >= 0.6 is 11.6 Å². The van der Waals surface area contributed by atoms with Gasteiger partial charge in [-0.3, -0.25) is 0 Å². The van der Waals surface area contributed by atoms with E-state index in [0.29, 0.717) is 17.0 Å². The van der Waals surface area contributed by atoms with Crippen LogP contribution in [0.1, 0.15) is 5.56 Å². The lowest BCUT2D eigenvalue weighted by Gasteiger charge is -2.08. The molecule has 2 aromatic rings. The molecule has 88 valence electrons. The van der Waals surface area contributed by atoms with Crippen LogP contribution in [0.25, 0.3) is 0 Å². The van der Waals surface area contributed by atoms with Crippen molar-refractivity contribution in [3.8, 4) is 5.75 Å². The molecule has 0 unspecified atom stereocenters. The second kappa shape index (κ2) is 5.06. The Labute approximate surface area is 104 Å². The van der Waals surface area contributed by atoms with Gasteiger partial charge in [0, 0.05) is 0 Å². The maximum atomic E-state index is 13.2. The van der Waals surface area contributed by atoms with Gasteiger partial charge >= 0.3 is 0 Å². The van der Waals surface area contributed by atoms with Crippen molar-refractivity contribution >= 4 is 17.3 Å². The molecule has 2 aromatic carbocycles. The minimum absolute atomic E-state index is 0.105. The van der Waals surface area contributed by atoms with Crippen LogP contribution in [-0.2, 0) is 6.61 Å². The summed E-state index contributed by atoms with van der Waals surface area (Å²) in [7, 11) is 0. The minimum atomic E-state index is -0.450. The molecule has 17 heavy (non-hydrogen) atoms. The van der Waals surface area contributed by atoms with E-state index in [4.69, 9.17) is 22.1 Å². The van der Waals surface area contributed by atoms with Crippen LogP contribution in [-0.4, -0.2) is 0 Å². The molecule has 0 aliphatic rings. The number of hydrogen-bond acceptors (Lipinski definition) is 2. The molecule has 0 atom stereocenters. The summed E-state index contributed by atoms with van der Waals surface area (Å²) in [6.45, 7) is 0.252. The number of hydrogen-bond donors (Lipinski definition) is 1. The average Bonchev–Trinajstić information content (AvgIpc) is 2.32. The summed E-state index contributed by atoms with van der Waals surface area (Å²) in [5.74, 6) is 0.136. The minimum Gasteiger partial charge on any atom is -0.487 e. The van der Waals surface area contributed by atoms with E-state index in [1.807, 2.05) is 12.1 Å². The summed E-state index contributed by atoms with van der Waals surface area (Å²) in [6.07, 6.45) is 0. The van der Waals surface area contributed by atoms with Crippen molar-refractivity contribution in [2.75, 3.05) is 5.73 Å². The Morgan fingerprint density at radius 1 is 1.18 bits per heavy atom. The van der Waals surface area contributed by atoms with E-state index < -0.39 is 5.82 Å². The van der Waals surface area contributed by atoms with Crippen LogP contribution in [0.5, 0.6) is 5.75 Å². The van der Waals surface area contributed by atoms with E-state index in [1.165, 1.54) is 12.1 Å². The molecule has 0 aromatic heterocycles. The Kier molecular flexibility index (Phi) is 3.49. The van der Waals surface area contributed by atoms with Gasteiger partial charge in [0.25, 0.3) is 0 Å². The molecule has 0 radical (unpaired) electrons. The van der Waals surface area contributed by atoms with Gasteiger partial charge in [0.15, 0.2) is 0 Å². The SMILES string of the molecule is Nc1ccccc1OCc1ccc(Cl)c(F)c1. The largest absolute Gasteiger partial charge is 0.487 e. The van der Waals surface area contributed by atoms with E-state index in [-0.39, 0.29) is 11.6 Å². The van der Waals surface area contributed by atoms with Gasteiger partial charge < -0.3 is 10.5 Å². The maximum Gasteiger partial charge on any atom is 0.142 e. The molecule has 0 aliphatic carbocycles. The van der Waals surface area contributed by atoms with E-state index in [0.717, 1.165) is 0 Å². The molecule has 0 saturated carbocycles. The molecule has 0 amide bonds. The molecule has 0 saturated heterocycles. The fourth-order valence-corrected chi connectivity index (χ4v) is 1.52. The third kappa shape index (κ3) is 2.88. The Morgan fingerprint density at radius 3 is 2.65 bits per heavy atom. The monoisotopic (exact) mass is 251 g/mol. The van der Waals surface area contributed by atoms with Gasteiger partial charge in [0.2, 0.25) is 0 Å². The highest BCUT2D eigenvalue weighted by atomic mass is 35.5. The summed E-state index contributed by atoms with van der Waals surface area (Å²) >= 11 is 5.59. The highest BCUT2D eigenvalue weighted by Gasteiger charge is 2.03. The summed E-state index contributed by atoms with van der Waals surface area (Å²) in [4.78, 5) is 0. The van der Waals surface area contributed by atoms with E-state index in [1.54, 1.807) is 18.2 Å². The number of nitrogen functional groups attached to an aromatic ring is 1. The second-order valence-corrected chi connectivity index (χ2v) is 3.98. The lowest BCUT2D eigenvalue weighted by molar-refractivity contribution is 0.307. The van der Waals surface area contributed by atoms with Gasteiger partial charge in [-0.2, -0.15) is 0 Å². The average molecular weight is 252 g/mol. The van der Waals surface area contributed by atoms with Gasteiger partial charge in [0.1, 0.15) is 18.2 Å². The van der Waals surface area contributed by atoms with E-state index >= 15 is 0 Å². The fraction of sp³-hybridized carbons (Fsp3) is 0.0769. The molecule has 0 bridgehead atoms. The van der Waals surface area contributed by atoms with Crippen LogP contribution in [0.15, 0.2) is 42.5 Å². The third-order valence-electron chi connectivity index (χ3n) is 2.30. The lowest BCUT2D eigenvalue weighted by atomic mass is 10.2. The first-order valence-electron chi connectivity index (χ1n) is 5.08. The number of rotatable bonds is 3. The first kappa shape index (κ1) is 11.7. The molecule has 0 spiro atoms. The Morgan fingerprint density at radius 2 is 1.94 bits per heavy atom. The molecule has 0 fully saturated rings. The van der Waals surface area contributed by atoms with Crippen molar-refractivity contribution in [2.24, 2.45) is 0 Å². The normalized spacial score (nSPS) is 10.2. The van der Waals surface area contributed by atoms with Crippen LogP contribution in [0.4, 0.5) is 10.1 Å². The number of halogens is 2. The molecule has 2 rings (SSSR count). The van der Waals surface area contributed by atoms with Gasteiger partial charge in [0.05, 0.1) is 10.7 Å². The van der Waals surface area contributed by atoms with Crippen molar-refractivity contribution in [3.05, 3.63) is 58.9 Å². The Hall–Kier alpha value is -1.74. The van der Waals surface area contributed by atoms with Crippen molar-refractivity contribution in [3.63, 3.8) is 0 Å². The molecule has 2 nitrogen and oxygen atoms in total. The van der Waals surface area contributed by atoms with Crippen molar-refractivity contribution in [1.29, 1.82) is 0 Å². The van der Waals surface area contributed by atoms with Crippen LogP contribution in [0.2, 0.25) is 5.02 Å². The number of nitrogens with two attached hydrogens (primary N) is 1. The number of anilines is 1. The predicted octanol–water partition coefficient (Wildman–Crippen LogP) is 3.64. The van der Waals surface area contributed by atoms with Gasteiger partial charge in [-0.1, -0.05) is 29.8 Å². The van der Waals surface area contributed by atoms with Gasteiger partial charge in [-0.15, -0.1) is 0 Å². The molecule has 0 aliphatic heterocycles. The second-order valence-electron chi connectivity index (χ2n) is 3.57. The highest BCUT2D eigenvalue weighted by molar-refractivity contribution is 6.30. The predicted molar refractivity (Wildman–Crippen MR) is 66.6 cm³/mol. The first-order valence-corrected chi connectivity index (χ1v) is 5.46. The van der Waals surface area contributed by atoms with Crippen molar-refractivity contribution in [2.45, 2.75) is 6.61 Å². The molecular weight excluding hydrogens is 241 g/mol. The number of benzene rings is 2. The maximum absolute atomic E-state index is 13.2.